The number of rotatable bonds is 4. The van der Waals surface area contributed by atoms with Crippen LogP contribution in [0.25, 0.3) is 0 Å². The maximum Gasteiger partial charge on any atom is 0.242 e. The predicted octanol–water partition coefficient (Wildman–Crippen LogP) is 3.12. The summed E-state index contributed by atoms with van der Waals surface area (Å²) in [6, 6.07) is 5.94. The minimum atomic E-state index is -0.365. The van der Waals surface area contributed by atoms with E-state index in [1.54, 1.807) is 12.1 Å². The first kappa shape index (κ1) is 16.6. The number of benzene rings is 1. The Labute approximate surface area is 147 Å². The van der Waals surface area contributed by atoms with Gasteiger partial charge in [0.25, 0.3) is 0 Å². The molecule has 5 rings (SSSR count). The van der Waals surface area contributed by atoms with Gasteiger partial charge in [-0.15, -0.1) is 0 Å². The highest BCUT2D eigenvalue weighted by Gasteiger charge is 2.51. The third-order valence-electron chi connectivity index (χ3n) is 6.30. The lowest BCUT2D eigenvalue weighted by molar-refractivity contribution is -0.134. The zero-order chi connectivity index (χ0) is 17.4. The van der Waals surface area contributed by atoms with Crippen molar-refractivity contribution in [2.24, 2.45) is 23.2 Å². The molecule has 25 heavy (non-hydrogen) atoms. The van der Waals surface area contributed by atoms with E-state index in [1.165, 1.54) is 50.7 Å². The molecule has 0 unspecified atom stereocenters. The van der Waals surface area contributed by atoms with Crippen LogP contribution in [0.4, 0.5) is 4.39 Å². The van der Waals surface area contributed by atoms with Crippen molar-refractivity contribution >= 4 is 11.8 Å². The van der Waals surface area contributed by atoms with Gasteiger partial charge in [-0.1, -0.05) is 12.1 Å². The van der Waals surface area contributed by atoms with Gasteiger partial charge in [0.15, 0.2) is 0 Å². The van der Waals surface area contributed by atoms with Crippen LogP contribution < -0.4 is 10.9 Å². The second kappa shape index (κ2) is 6.43. The minimum Gasteiger partial charge on any atom is -0.273 e. The Hall–Kier alpha value is -1.91. The molecule has 4 bridgehead atoms. The van der Waals surface area contributed by atoms with E-state index < -0.39 is 0 Å². The Morgan fingerprint density at radius 1 is 1.00 bits per heavy atom. The van der Waals surface area contributed by atoms with Crippen molar-refractivity contribution in [2.75, 3.05) is 0 Å². The van der Waals surface area contributed by atoms with Gasteiger partial charge in [-0.05, 0) is 79.4 Å². The summed E-state index contributed by atoms with van der Waals surface area (Å²) in [6.45, 7) is 0. The Bertz CT molecular complexity index is 653. The summed E-state index contributed by atoms with van der Waals surface area (Å²) < 4.78 is 13.1. The third kappa shape index (κ3) is 3.70. The third-order valence-corrected chi connectivity index (χ3v) is 6.30. The van der Waals surface area contributed by atoms with E-state index in [1.807, 2.05) is 0 Å². The molecule has 134 valence electrons. The van der Waals surface area contributed by atoms with Crippen LogP contribution in [-0.2, 0) is 16.0 Å². The fourth-order valence-electron chi connectivity index (χ4n) is 5.91. The lowest BCUT2D eigenvalue weighted by atomic mass is 9.49. The van der Waals surface area contributed by atoms with E-state index in [0.29, 0.717) is 12.0 Å². The maximum atomic E-state index is 13.1. The lowest BCUT2D eigenvalue weighted by Gasteiger charge is -2.56. The first-order valence-electron chi connectivity index (χ1n) is 9.32. The molecule has 1 aromatic carbocycles. The Balaban J connectivity index is 1.27. The van der Waals surface area contributed by atoms with Gasteiger partial charge in [-0.25, -0.2) is 4.39 Å². The topological polar surface area (TPSA) is 58.2 Å². The average Bonchev–Trinajstić information content (AvgIpc) is 2.51. The molecule has 4 aliphatic rings. The van der Waals surface area contributed by atoms with Gasteiger partial charge in [-0.2, -0.15) is 0 Å². The number of amides is 2. The van der Waals surface area contributed by atoms with Crippen LogP contribution in [0.3, 0.4) is 0 Å². The van der Waals surface area contributed by atoms with E-state index >= 15 is 0 Å². The molecule has 0 radical (unpaired) electrons. The van der Waals surface area contributed by atoms with Crippen LogP contribution in [0, 0.1) is 29.0 Å². The lowest BCUT2D eigenvalue weighted by Crippen LogP contribution is -2.50. The van der Waals surface area contributed by atoms with Gasteiger partial charge in [-0.3, -0.25) is 20.4 Å². The van der Waals surface area contributed by atoms with Crippen molar-refractivity contribution in [3.05, 3.63) is 35.6 Å². The largest absolute Gasteiger partial charge is 0.273 e. The number of carbonyl (C=O) groups is 2. The molecule has 5 heteroatoms. The van der Waals surface area contributed by atoms with Crippen molar-refractivity contribution in [1.82, 2.24) is 10.9 Å². The smallest absolute Gasteiger partial charge is 0.242 e. The van der Waals surface area contributed by atoms with E-state index in [2.05, 4.69) is 10.9 Å². The fraction of sp³-hybridized carbons (Fsp3) is 0.600. The molecule has 0 aliphatic heterocycles. The molecule has 4 saturated carbocycles. The molecule has 1 aromatic rings. The second-order valence-corrected chi connectivity index (χ2v) is 8.50. The molecular formula is C20H25FN2O2. The van der Waals surface area contributed by atoms with Crippen LogP contribution in [0.5, 0.6) is 0 Å². The maximum absolute atomic E-state index is 13.1. The molecule has 4 aliphatic carbocycles. The molecule has 0 saturated heterocycles. The van der Waals surface area contributed by atoms with Crippen molar-refractivity contribution in [3.63, 3.8) is 0 Å². The van der Waals surface area contributed by atoms with Crippen molar-refractivity contribution in [3.8, 4) is 0 Å². The van der Waals surface area contributed by atoms with Crippen molar-refractivity contribution in [1.29, 1.82) is 0 Å². The summed E-state index contributed by atoms with van der Waals surface area (Å²) in [5.41, 5.74) is 5.78. The summed E-state index contributed by atoms with van der Waals surface area (Å²) in [5, 5.41) is 0. The van der Waals surface area contributed by atoms with Crippen molar-refractivity contribution < 1.29 is 14.0 Å². The van der Waals surface area contributed by atoms with Gasteiger partial charge >= 0.3 is 0 Å². The summed E-state index contributed by atoms with van der Waals surface area (Å²) in [4.78, 5) is 24.3. The molecule has 0 atom stereocenters. The van der Waals surface area contributed by atoms with Gasteiger partial charge < -0.3 is 0 Å². The first-order chi connectivity index (χ1) is 12.0. The Morgan fingerprint density at radius 3 is 2.20 bits per heavy atom. The van der Waals surface area contributed by atoms with Gasteiger partial charge in [0.05, 0.1) is 6.42 Å². The van der Waals surface area contributed by atoms with E-state index in [4.69, 9.17) is 0 Å². The zero-order valence-electron chi connectivity index (χ0n) is 14.4. The number of hydrogen-bond donors (Lipinski definition) is 2. The number of hydrazine groups is 1. The summed E-state index contributed by atoms with van der Waals surface area (Å²) in [6.07, 6.45) is 8.13. The summed E-state index contributed by atoms with van der Waals surface area (Å²) >= 11 is 0. The van der Waals surface area contributed by atoms with Gasteiger partial charge in [0.1, 0.15) is 5.82 Å². The molecule has 0 heterocycles. The van der Waals surface area contributed by atoms with Crippen LogP contribution in [0.2, 0.25) is 0 Å². The zero-order valence-corrected chi connectivity index (χ0v) is 14.4. The van der Waals surface area contributed by atoms with E-state index in [0.717, 1.165) is 17.8 Å². The standard InChI is InChI=1S/C20H25FN2O2/c21-17-3-1-2-13(7-17)8-18(24)22-23-19(25)12-20-9-14-4-15(10-20)6-16(5-14)11-20/h1-3,7,14-16H,4-6,8-12H2,(H,22,24)(H,23,25). The normalized spacial score (nSPS) is 32.4. The monoisotopic (exact) mass is 344 g/mol. The minimum absolute atomic E-state index is 0.0510. The van der Waals surface area contributed by atoms with Gasteiger partial charge in [0, 0.05) is 6.42 Å². The highest BCUT2D eigenvalue weighted by Crippen LogP contribution is 2.61. The molecule has 2 amide bonds. The van der Waals surface area contributed by atoms with Crippen LogP contribution in [0.15, 0.2) is 24.3 Å². The molecule has 4 fully saturated rings. The Kier molecular flexibility index (Phi) is 4.26. The molecule has 0 spiro atoms. The Morgan fingerprint density at radius 2 is 1.60 bits per heavy atom. The van der Waals surface area contributed by atoms with Crippen LogP contribution in [-0.4, -0.2) is 11.8 Å². The number of hydrogen-bond acceptors (Lipinski definition) is 2. The summed E-state index contributed by atoms with van der Waals surface area (Å²) in [5.74, 6) is 1.63. The van der Waals surface area contributed by atoms with E-state index in [-0.39, 0.29) is 29.5 Å². The predicted molar refractivity (Wildman–Crippen MR) is 91.6 cm³/mol. The quantitative estimate of drug-likeness (QED) is 0.825. The highest BCUT2D eigenvalue weighted by atomic mass is 19.1. The SMILES string of the molecule is O=C(Cc1cccc(F)c1)NNC(=O)CC12CC3CC(CC(C3)C1)C2. The molecule has 4 nitrogen and oxygen atoms in total. The molecule has 0 aromatic heterocycles. The van der Waals surface area contributed by atoms with Crippen LogP contribution >= 0.6 is 0 Å². The number of halogens is 1. The second-order valence-electron chi connectivity index (χ2n) is 8.50. The highest BCUT2D eigenvalue weighted by molar-refractivity contribution is 5.83. The number of carbonyl (C=O) groups excluding carboxylic acids is 2. The molecule has 2 N–H and O–H groups in total. The fourth-order valence-corrected chi connectivity index (χ4v) is 5.91. The van der Waals surface area contributed by atoms with Crippen molar-refractivity contribution in [2.45, 2.75) is 51.4 Å². The average molecular weight is 344 g/mol. The van der Waals surface area contributed by atoms with E-state index in [9.17, 15) is 14.0 Å². The summed E-state index contributed by atoms with van der Waals surface area (Å²) in [7, 11) is 0. The number of nitrogens with one attached hydrogen (secondary N) is 2. The first-order valence-corrected chi connectivity index (χ1v) is 9.32. The molecular weight excluding hydrogens is 319 g/mol. The van der Waals surface area contributed by atoms with Gasteiger partial charge in [0.2, 0.25) is 11.8 Å². The van der Waals surface area contributed by atoms with Crippen LogP contribution in [0.1, 0.15) is 50.5 Å².